The molecule has 1 aliphatic heterocycles. The van der Waals surface area contributed by atoms with Crippen molar-refractivity contribution in [3.8, 4) is 0 Å². The van der Waals surface area contributed by atoms with Crippen LogP contribution in [0, 0.1) is 5.92 Å². The molecule has 1 aliphatic rings. The van der Waals surface area contributed by atoms with Crippen molar-refractivity contribution in [3.63, 3.8) is 0 Å². The van der Waals surface area contributed by atoms with E-state index >= 15 is 0 Å². The van der Waals surface area contributed by atoms with Gasteiger partial charge in [-0.15, -0.1) is 0 Å². The summed E-state index contributed by atoms with van der Waals surface area (Å²) in [6.45, 7) is 5.71. The molecular weight excluding hydrogens is 192 g/mol. The van der Waals surface area contributed by atoms with E-state index in [1.165, 1.54) is 0 Å². The first-order valence-electron chi connectivity index (χ1n) is 5.90. The molecule has 2 atom stereocenters. The molecule has 0 aromatic heterocycles. The van der Waals surface area contributed by atoms with Crippen molar-refractivity contribution in [1.29, 1.82) is 0 Å². The van der Waals surface area contributed by atoms with E-state index in [0.717, 1.165) is 32.3 Å². The molecule has 3 nitrogen and oxygen atoms in total. The molecule has 0 saturated carbocycles. The largest absolute Gasteiger partial charge is 0.390 e. The zero-order chi connectivity index (χ0) is 11.3. The summed E-state index contributed by atoms with van der Waals surface area (Å²) in [5, 5.41) is 10.4. The SMILES string of the molecule is COCCCC1(O)CCOC(C(C)C)C1. The molecule has 0 aliphatic carbocycles. The Labute approximate surface area is 92.8 Å². The third-order valence-electron chi connectivity index (χ3n) is 3.21. The van der Waals surface area contributed by atoms with Crippen molar-refractivity contribution < 1.29 is 14.6 Å². The highest BCUT2D eigenvalue weighted by Crippen LogP contribution is 2.31. The summed E-state index contributed by atoms with van der Waals surface area (Å²) in [7, 11) is 1.70. The smallest absolute Gasteiger partial charge is 0.0695 e. The van der Waals surface area contributed by atoms with E-state index in [4.69, 9.17) is 9.47 Å². The van der Waals surface area contributed by atoms with Crippen molar-refractivity contribution in [3.05, 3.63) is 0 Å². The van der Waals surface area contributed by atoms with Gasteiger partial charge in [0.2, 0.25) is 0 Å². The molecule has 1 rings (SSSR count). The summed E-state index contributed by atoms with van der Waals surface area (Å²) in [6.07, 6.45) is 3.51. The number of hydrogen-bond acceptors (Lipinski definition) is 3. The van der Waals surface area contributed by atoms with Gasteiger partial charge in [-0.1, -0.05) is 13.8 Å². The van der Waals surface area contributed by atoms with Gasteiger partial charge in [-0.3, -0.25) is 0 Å². The summed E-state index contributed by atoms with van der Waals surface area (Å²) in [6, 6.07) is 0. The van der Waals surface area contributed by atoms with Crippen LogP contribution in [-0.2, 0) is 9.47 Å². The molecule has 2 unspecified atom stereocenters. The number of hydrogen-bond donors (Lipinski definition) is 1. The molecule has 1 saturated heterocycles. The Hall–Kier alpha value is -0.120. The Balaban J connectivity index is 2.38. The quantitative estimate of drug-likeness (QED) is 0.714. The molecule has 0 bridgehead atoms. The minimum Gasteiger partial charge on any atom is -0.390 e. The summed E-state index contributed by atoms with van der Waals surface area (Å²) < 4.78 is 10.7. The number of ether oxygens (including phenoxy) is 2. The van der Waals surface area contributed by atoms with Gasteiger partial charge >= 0.3 is 0 Å². The predicted octanol–water partition coefficient (Wildman–Crippen LogP) is 1.98. The predicted molar refractivity (Wildman–Crippen MR) is 59.9 cm³/mol. The molecule has 1 fully saturated rings. The zero-order valence-corrected chi connectivity index (χ0v) is 10.2. The van der Waals surface area contributed by atoms with Gasteiger partial charge in [0.25, 0.3) is 0 Å². The van der Waals surface area contributed by atoms with Gasteiger partial charge in [0.05, 0.1) is 11.7 Å². The lowest BCUT2D eigenvalue weighted by atomic mass is 9.83. The van der Waals surface area contributed by atoms with Gasteiger partial charge in [0.15, 0.2) is 0 Å². The summed E-state index contributed by atoms with van der Waals surface area (Å²) in [4.78, 5) is 0. The molecule has 1 heterocycles. The van der Waals surface area contributed by atoms with Crippen molar-refractivity contribution in [1.82, 2.24) is 0 Å². The molecule has 3 heteroatoms. The lowest BCUT2D eigenvalue weighted by Gasteiger charge is -2.38. The molecule has 0 radical (unpaired) electrons. The van der Waals surface area contributed by atoms with Crippen molar-refractivity contribution in [2.45, 2.75) is 51.2 Å². The van der Waals surface area contributed by atoms with Gasteiger partial charge < -0.3 is 14.6 Å². The van der Waals surface area contributed by atoms with Gasteiger partial charge in [0.1, 0.15) is 0 Å². The Morgan fingerprint density at radius 2 is 2.27 bits per heavy atom. The van der Waals surface area contributed by atoms with E-state index in [9.17, 15) is 5.11 Å². The van der Waals surface area contributed by atoms with Crippen LogP contribution in [0.5, 0.6) is 0 Å². The Morgan fingerprint density at radius 1 is 1.53 bits per heavy atom. The van der Waals surface area contributed by atoms with Crippen LogP contribution in [0.2, 0.25) is 0 Å². The highest BCUT2D eigenvalue weighted by molar-refractivity contribution is 4.86. The zero-order valence-electron chi connectivity index (χ0n) is 10.2. The second-order valence-corrected chi connectivity index (χ2v) is 4.93. The Morgan fingerprint density at radius 3 is 2.87 bits per heavy atom. The van der Waals surface area contributed by atoms with Gasteiger partial charge in [-0.2, -0.15) is 0 Å². The maximum Gasteiger partial charge on any atom is 0.0695 e. The third-order valence-corrected chi connectivity index (χ3v) is 3.21. The van der Waals surface area contributed by atoms with Crippen LogP contribution in [-0.4, -0.2) is 37.1 Å². The van der Waals surface area contributed by atoms with Crippen molar-refractivity contribution in [2.75, 3.05) is 20.3 Å². The van der Waals surface area contributed by atoms with E-state index in [1.54, 1.807) is 7.11 Å². The number of rotatable bonds is 5. The van der Waals surface area contributed by atoms with Crippen LogP contribution in [0.1, 0.15) is 39.5 Å². The second-order valence-electron chi connectivity index (χ2n) is 4.93. The van der Waals surface area contributed by atoms with Crippen molar-refractivity contribution in [2.24, 2.45) is 5.92 Å². The van der Waals surface area contributed by atoms with Crippen LogP contribution in [0.3, 0.4) is 0 Å². The number of methoxy groups -OCH3 is 1. The molecule has 0 aromatic carbocycles. The lowest BCUT2D eigenvalue weighted by Crippen LogP contribution is -2.42. The van der Waals surface area contributed by atoms with Gasteiger partial charge in [-0.25, -0.2) is 0 Å². The first kappa shape index (κ1) is 12.9. The summed E-state index contributed by atoms with van der Waals surface area (Å²) in [5.74, 6) is 0.485. The molecular formula is C12H24O3. The normalized spacial score (nSPS) is 32.2. The molecule has 90 valence electrons. The fraction of sp³-hybridized carbons (Fsp3) is 1.00. The molecule has 0 spiro atoms. The monoisotopic (exact) mass is 216 g/mol. The highest BCUT2D eigenvalue weighted by atomic mass is 16.5. The van der Waals surface area contributed by atoms with Crippen LogP contribution in [0.4, 0.5) is 0 Å². The van der Waals surface area contributed by atoms with Gasteiger partial charge in [-0.05, 0) is 25.2 Å². The second kappa shape index (κ2) is 5.83. The third kappa shape index (κ3) is 4.09. The van der Waals surface area contributed by atoms with E-state index in [0.29, 0.717) is 12.5 Å². The van der Waals surface area contributed by atoms with Crippen LogP contribution in [0.15, 0.2) is 0 Å². The average molecular weight is 216 g/mol. The molecule has 15 heavy (non-hydrogen) atoms. The van der Waals surface area contributed by atoms with E-state index < -0.39 is 5.60 Å². The van der Waals surface area contributed by atoms with Crippen LogP contribution in [0.25, 0.3) is 0 Å². The Kier molecular flexibility index (Phi) is 5.03. The van der Waals surface area contributed by atoms with Crippen LogP contribution < -0.4 is 0 Å². The van der Waals surface area contributed by atoms with E-state index in [1.807, 2.05) is 0 Å². The van der Waals surface area contributed by atoms with E-state index in [2.05, 4.69) is 13.8 Å². The minimum absolute atomic E-state index is 0.214. The topological polar surface area (TPSA) is 38.7 Å². The molecule has 1 N–H and O–H groups in total. The van der Waals surface area contributed by atoms with Gasteiger partial charge in [0, 0.05) is 26.7 Å². The van der Waals surface area contributed by atoms with E-state index in [-0.39, 0.29) is 6.10 Å². The first-order valence-corrected chi connectivity index (χ1v) is 5.90. The molecule has 0 aromatic rings. The molecule has 0 amide bonds. The maximum absolute atomic E-state index is 10.4. The maximum atomic E-state index is 10.4. The fourth-order valence-corrected chi connectivity index (χ4v) is 2.14. The minimum atomic E-state index is -0.522. The first-order chi connectivity index (χ1) is 7.07. The van der Waals surface area contributed by atoms with Crippen LogP contribution >= 0.6 is 0 Å². The van der Waals surface area contributed by atoms with Crippen molar-refractivity contribution >= 4 is 0 Å². The highest BCUT2D eigenvalue weighted by Gasteiger charge is 2.35. The number of aliphatic hydroxyl groups is 1. The fourth-order valence-electron chi connectivity index (χ4n) is 2.14. The average Bonchev–Trinajstić information content (AvgIpc) is 2.18. The summed E-state index contributed by atoms with van der Waals surface area (Å²) in [5.41, 5.74) is -0.522. The summed E-state index contributed by atoms with van der Waals surface area (Å²) >= 11 is 0. The Bertz CT molecular complexity index is 182. The standard InChI is InChI=1S/C12H24O3/c1-10(2)11-9-12(13,6-8-15-11)5-4-7-14-3/h10-11,13H,4-9H2,1-3H3. The lowest BCUT2D eigenvalue weighted by molar-refractivity contribution is -0.121.